The van der Waals surface area contributed by atoms with Gasteiger partial charge >= 0.3 is 6.09 Å². The van der Waals surface area contributed by atoms with Gasteiger partial charge in [0, 0.05) is 31.4 Å². The standard InChI is InChI=1S/C16H26N4O2/c1-16(2,3)22-15(21)19-11-13(17)12-7-6-8-18-14(12)20-9-4-5-10-20/h6-8,13H,4-5,9-11,17H2,1-3H3,(H,19,21). The molecule has 22 heavy (non-hydrogen) atoms. The molecule has 0 spiro atoms. The number of pyridine rings is 1. The molecule has 2 heterocycles. The lowest BCUT2D eigenvalue weighted by Gasteiger charge is -2.24. The van der Waals surface area contributed by atoms with Gasteiger partial charge in [-0.1, -0.05) is 6.07 Å². The summed E-state index contributed by atoms with van der Waals surface area (Å²) in [4.78, 5) is 18.4. The van der Waals surface area contributed by atoms with Crippen LogP contribution in [0.4, 0.5) is 10.6 Å². The van der Waals surface area contributed by atoms with E-state index in [0.717, 1.165) is 24.5 Å². The molecule has 3 N–H and O–H groups in total. The van der Waals surface area contributed by atoms with Crippen molar-refractivity contribution in [1.29, 1.82) is 0 Å². The Balaban J connectivity index is 1.98. The summed E-state index contributed by atoms with van der Waals surface area (Å²) in [5, 5.41) is 2.72. The summed E-state index contributed by atoms with van der Waals surface area (Å²) in [6, 6.07) is 3.54. The smallest absolute Gasteiger partial charge is 0.407 e. The average Bonchev–Trinajstić information content (AvgIpc) is 2.97. The number of nitrogens with zero attached hydrogens (tertiary/aromatic N) is 2. The molecule has 0 aliphatic carbocycles. The van der Waals surface area contributed by atoms with Gasteiger partial charge in [0.1, 0.15) is 11.4 Å². The summed E-state index contributed by atoms with van der Waals surface area (Å²) >= 11 is 0. The quantitative estimate of drug-likeness (QED) is 0.891. The molecule has 2 rings (SSSR count). The van der Waals surface area contributed by atoms with E-state index >= 15 is 0 Å². The van der Waals surface area contributed by atoms with Crippen molar-refractivity contribution < 1.29 is 9.53 Å². The van der Waals surface area contributed by atoms with Gasteiger partial charge in [0.2, 0.25) is 0 Å². The van der Waals surface area contributed by atoms with Crippen molar-refractivity contribution in [2.75, 3.05) is 24.5 Å². The van der Waals surface area contributed by atoms with E-state index < -0.39 is 11.7 Å². The van der Waals surface area contributed by atoms with Crippen LogP contribution in [0, 0.1) is 0 Å². The number of rotatable bonds is 4. The highest BCUT2D eigenvalue weighted by Gasteiger charge is 2.21. The van der Waals surface area contributed by atoms with Crippen LogP contribution in [0.25, 0.3) is 0 Å². The zero-order valence-electron chi connectivity index (χ0n) is 13.6. The fraction of sp³-hybridized carbons (Fsp3) is 0.625. The normalized spacial score (nSPS) is 16.5. The molecule has 6 nitrogen and oxygen atoms in total. The van der Waals surface area contributed by atoms with Gasteiger partial charge in [-0.15, -0.1) is 0 Å². The van der Waals surface area contributed by atoms with Crippen LogP contribution in [-0.2, 0) is 4.74 Å². The minimum absolute atomic E-state index is 0.309. The zero-order chi connectivity index (χ0) is 16.2. The van der Waals surface area contributed by atoms with Crippen LogP contribution >= 0.6 is 0 Å². The molecular formula is C16H26N4O2. The zero-order valence-corrected chi connectivity index (χ0v) is 13.6. The molecule has 1 aliphatic heterocycles. The highest BCUT2D eigenvalue weighted by Crippen LogP contribution is 2.25. The number of amides is 1. The van der Waals surface area contributed by atoms with Crippen LogP contribution in [0.3, 0.4) is 0 Å². The molecule has 1 saturated heterocycles. The molecule has 1 aliphatic rings. The van der Waals surface area contributed by atoms with E-state index in [1.165, 1.54) is 12.8 Å². The van der Waals surface area contributed by atoms with Gasteiger partial charge in [0.15, 0.2) is 0 Å². The third kappa shape index (κ3) is 4.59. The first-order valence-corrected chi connectivity index (χ1v) is 7.79. The SMILES string of the molecule is CC(C)(C)OC(=O)NCC(N)c1cccnc1N1CCCC1. The van der Waals surface area contributed by atoms with E-state index in [2.05, 4.69) is 15.2 Å². The number of hydrogen-bond acceptors (Lipinski definition) is 5. The van der Waals surface area contributed by atoms with Gasteiger partial charge in [0.05, 0.1) is 6.04 Å². The van der Waals surface area contributed by atoms with Crippen molar-refractivity contribution in [2.45, 2.75) is 45.3 Å². The van der Waals surface area contributed by atoms with Crippen molar-refractivity contribution in [3.63, 3.8) is 0 Å². The van der Waals surface area contributed by atoms with Crippen molar-refractivity contribution in [3.8, 4) is 0 Å². The van der Waals surface area contributed by atoms with Crippen LogP contribution in [-0.4, -0.2) is 36.3 Å². The van der Waals surface area contributed by atoms with E-state index in [-0.39, 0.29) is 6.04 Å². The van der Waals surface area contributed by atoms with Crippen LogP contribution < -0.4 is 16.0 Å². The topological polar surface area (TPSA) is 80.5 Å². The van der Waals surface area contributed by atoms with E-state index in [0.29, 0.717) is 6.54 Å². The summed E-state index contributed by atoms with van der Waals surface area (Å²) in [5.41, 5.74) is 6.69. The summed E-state index contributed by atoms with van der Waals surface area (Å²) in [6.45, 7) is 7.84. The molecule has 0 saturated carbocycles. The maximum Gasteiger partial charge on any atom is 0.407 e. The molecule has 1 atom stereocenters. The number of ether oxygens (including phenoxy) is 1. The van der Waals surface area contributed by atoms with Gasteiger partial charge in [-0.2, -0.15) is 0 Å². The number of carbonyl (C=O) groups excluding carboxylic acids is 1. The van der Waals surface area contributed by atoms with Crippen LogP contribution in [0.5, 0.6) is 0 Å². The first-order chi connectivity index (χ1) is 10.4. The highest BCUT2D eigenvalue weighted by atomic mass is 16.6. The van der Waals surface area contributed by atoms with E-state index in [1.54, 1.807) is 6.20 Å². The van der Waals surface area contributed by atoms with E-state index in [1.807, 2.05) is 32.9 Å². The number of nitrogens with two attached hydrogens (primary N) is 1. The summed E-state index contributed by atoms with van der Waals surface area (Å²) in [7, 11) is 0. The predicted octanol–water partition coefficient (Wildman–Crippen LogP) is 2.21. The highest BCUT2D eigenvalue weighted by molar-refractivity contribution is 5.67. The second-order valence-electron chi connectivity index (χ2n) is 6.60. The average molecular weight is 306 g/mol. The maximum atomic E-state index is 11.7. The van der Waals surface area contributed by atoms with Crippen molar-refractivity contribution in [2.24, 2.45) is 5.73 Å². The molecule has 0 aromatic carbocycles. The minimum Gasteiger partial charge on any atom is -0.444 e. The molecule has 1 unspecified atom stereocenters. The Morgan fingerprint density at radius 1 is 1.45 bits per heavy atom. The van der Waals surface area contributed by atoms with Crippen molar-refractivity contribution in [1.82, 2.24) is 10.3 Å². The number of aromatic nitrogens is 1. The third-order valence-electron chi connectivity index (χ3n) is 3.49. The first-order valence-electron chi connectivity index (χ1n) is 7.79. The Morgan fingerprint density at radius 2 is 2.14 bits per heavy atom. The Kier molecular flexibility index (Phi) is 5.24. The fourth-order valence-corrected chi connectivity index (χ4v) is 2.51. The van der Waals surface area contributed by atoms with Gasteiger partial charge < -0.3 is 20.7 Å². The Morgan fingerprint density at radius 3 is 2.77 bits per heavy atom. The second kappa shape index (κ2) is 6.96. The minimum atomic E-state index is -0.511. The van der Waals surface area contributed by atoms with E-state index in [9.17, 15) is 4.79 Å². The second-order valence-corrected chi connectivity index (χ2v) is 6.60. The largest absolute Gasteiger partial charge is 0.444 e. The van der Waals surface area contributed by atoms with Crippen LogP contribution in [0.1, 0.15) is 45.2 Å². The monoisotopic (exact) mass is 306 g/mol. The molecule has 6 heteroatoms. The van der Waals surface area contributed by atoms with Gasteiger partial charge in [-0.3, -0.25) is 0 Å². The lowest BCUT2D eigenvalue weighted by molar-refractivity contribution is 0.0524. The number of anilines is 1. The Hall–Kier alpha value is -1.82. The fourth-order valence-electron chi connectivity index (χ4n) is 2.51. The van der Waals surface area contributed by atoms with Crippen LogP contribution in [0.2, 0.25) is 0 Å². The lowest BCUT2D eigenvalue weighted by atomic mass is 10.1. The summed E-state index contributed by atoms with van der Waals surface area (Å²) < 4.78 is 5.22. The van der Waals surface area contributed by atoms with Gasteiger partial charge in [-0.05, 0) is 39.7 Å². The summed E-state index contributed by atoms with van der Waals surface area (Å²) in [5.74, 6) is 0.929. The van der Waals surface area contributed by atoms with Crippen molar-refractivity contribution in [3.05, 3.63) is 23.9 Å². The van der Waals surface area contributed by atoms with Gasteiger partial charge in [0.25, 0.3) is 0 Å². The lowest BCUT2D eigenvalue weighted by Crippen LogP contribution is -2.37. The van der Waals surface area contributed by atoms with Crippen LogP contribution in [0.15, 0.2) is 18.3 Å². The number of carbonyl (C=O) groups is 1. The number of hydrogen-bond donors (Lipinski definition) is 2. The van der Waals surface area contributed by atoms with E-state index in [4.69, 9.17) is 10.5 Å². The molecule has 0 radical (unpaired) electrons. The molecule has 0 bridgehead atoms. The first kappa shape index (κ1) is 16.5. The predicted molar refractivity (Wildman–Crippen MR) is 86.8 cm³/mol. The molecule has 1 amide bonds. The molecular weight excluding hydrogens is 280 g/mol. The molecule has 1 aromatic rings. The maximum absolute atomic E-state index is 11.7. The molecule has 1 fully saturated rings. The number of alkyl carbamates (subject to hydrolysis) is 1. The Bertz CT molecular complexity index is 507. The third-order valence-corrected chi connectivity index (χ3v) is 3.49. The molecule has 1 aromatic heterocycles. The van der Waals surface area contributed by atoms with Crippen molar-refractivity contribution >= 4 is 11.9 Å². The molecule has 122 valence electrons. The summed E-state index contributed by atoms with van der Waals surface area (Å²) in [6.07, 6.45) is 3.70. The number of nitrogens with one attached hydrogen (secondary N) is 1. The Labute approximate surface area is 132 Å². The van der Waals surface area contributed by atoms with Gasteiger partial charge in [-0.25, -0.2) is 9.78 Å².